The van der Waals surface area contributed by atoms with Gasteiger partial charge in [-0.25, -0.2) is 9.80 Å². The van der Waals surface area contributed by atoms with Gasteiger partial charge in [0.25, 0.3) is 0 Å². The molecule has 2 aromatic rings. The molecule has 0 radical (unpaired) electrons. The lowest BCUT2D eigenvalue weighted by atomic mass is 9.86. The third-order valence-electron chi connectivity index (χ3n) is 8.91. The maximum absolute atomic E-state index is 14.8. The van der Waals surface area contributed by atoms with Gasteiger partial charge in [-0.05, 0) is 81.9 Å². The Morgan fingerprint density at radius 2 is 1.57 bits per heavy atom. The van der Waals surface area contributed by atoms with E-state index in [9.17, 15) is 18.0 Å². The summed E-state index contributed by atoms with van der Waals surface area (Å²) in [7, 11) is 4.39. The van der Waals surface area contributed by atoms with E-state index in [0.717, 1.165) is 49.6 Å². The number of rotatable bonds is 5. The van der Waals surface area contributed by atoms with Gasteiger partial charge in [0.1, 0.15) is 11.5 Å². The molecule has 0 spiro atoms. The number of carbonyl (C=O) groups excluding carboxylic acids is 1. The predicted molar refractivity (Wildman–Crippen MR) is 162 cm³/mol. The van der Waals surface area contributed by atoms with Crippen LogP contribution >= 0.6 is 0 Å². The first-order valence-electron chi connectivity index (χ1n) is 14.9. The highest BCUT2D eigenvalue weighted by molar-refractivity contribution is 6.16. The molecule has 44 heavy (non-hydrogen) atoms. The van der Waals surface area contributed by atoms with Crippen molar-refractivity contribution in [1.29, 1.82) is 0 Å². The van der Waals surface area contributed by atoms with Gasteiger partial charge in [-0.15, -0.1) is 0 Å². The molecule has 1 saturated carbocycles. The van der Waals surface area contributed by atoms with Crippen molar-refractivity contribution in [2.45, 2.75) is 64.1 Å². The molecule has 0 atom stereocenters. The van der Waals surface area contributed by atoms with E-state index < -0.39 is 23.4 Å². The lowest BCUT2D eigenvalue weighted by molar-refractivity contribution is -0.137. The number of hydrazone groups is 1. The van der Waals surface area contributed by atoms with Crippen LogP contribution < -0.4 is 19.4 Å². The number of alkyl halides is 3. The standard InChI is InChI=1S/C33H37F3N4O4/c1-32(2)19-25-28(21-15-23(42-3)18-24(16-21)43-4)37-40(29(20-9-8-10-20)30(25)39(32)31(41)44-5)27-17-22(38-13-6-7-14-38)11-12-26(27)33(34,35)36/h11-12,15-18H,6-10,13-14,19H2,1-5H3. The number of anilines is 2. The zero-order valence-corrected chi connectivity index (χ0v) is 25.7. The number of allylic oxidation sites excluding steroid dienone is 1. The van der Waals surface area contributed by atoms with Crippen LogP contribution in [0.2, 0.25) is 0 Å². The molecule has 11 heteroatoms. The highest BCUT2D eigenvalue weighted by Gasteiger charge is 2.50. The Hall–Kier alpha value is -4.15. The number of hydrogen-bond donors (Lipinski definition) is 0. The smallest absolute Gasteiger partial charge is 0.418 e. The molecule has 3 heterocycles. The minimum Gasteiger partial charge on any atom is -0.497 e. The fourth-order valence-electron chi connectivity index (χ4n) is 6.58. The van der Waals surface area contributed by atoms with E-state index in [1.54, 1.807) is 35.2 Å². The lowest BCUT2D eigenvalue weighted by Gasteiger charge is -2.39. The van der Waals surface area contributed by atoms with Crippen LogP contribution in [0.5, 0.6) is 11.5 Å². The molecule has 234 valence electrons. The SMILES string of the molecule is COC(=O)N1C2=C(CC1(C)C)C(c1cc(OC)cc(OC)c1)=NN(c1cc(N3CCCC3)ccc1C(F)(F)F)C2=C1CCC1. The molecule has 8 nitrogen and oxygen atoms in total. The maximum atomic E-state index is 14.8. The van der Waals surface area contributed by atoms with Gasteiger partial charge in [-0.2, -0.15) is 18.3 Å². The Morgan fingerprint density at radius 3 is 2.11 bits per heavy atom. The van der Waals surface area contributed by atoms with E-state index in [1.165, 1.54) is 26.3 Å². The Balaban J connectivity index is 1.66. The molecule has 1 saturated heterocycles. The molecule has 0 bridgehead atoms. The van der Waals surface area contributed by atoms with Crippen LogP contribution in [0.1, 0.15) is 63.5 Å². The molecule has 0 unspecified atom stereocenters. The Morgan fingerprint density at radius 1 is 0.909 bits per heavy atom. The highest BCUT2D eigenvalue weighted by Crippen LogP contribution is 2.51. The number of ether oxygens (including phenoxy) is 3. The molecule has 1 amide bonds. The number of benzene rings is 2. The quantitative estimate of drug-likeness (QED) is 0.350. The summed E-state index contributed by atoms with van der Waals surface area (Å²) in [5.74, 6) is 1.01. The zero-order chi connectivity index (χ0) is 31.4. The fraction of sp³-hybridized carbons (Fsp3) is 0.455. The second-order valence-electron chi connectivity index (χ2n) is 12.2. The normalized spacial score (nSPS) is 19.6. The first-order chi connectivity index (χ1) is 21.0. The molecule has 2 fully saturated rings. The van der Waals surface area contributed by atoms with Gasteiger partial charge in [0.15, 0.2) is 0 Å². The molecule has 4 aliphatic rings. The van der Waals surface area contributed by atoms with Gasteiger partial charge < -0.3 is 19.1 Å². The van der Waals surface area contributed by atoms with Crippen molar-refractivity contribution in [2.24, 2.45) is 5.10 Å². The van der Waals surface area contributed by atoms with Gasteiger partial charge >= 0.3 is 12.3 Å². The largest absolute Gasteiger partial charge is 0.497 e. The second kappa shape index (κ2) is 11.1. The van der Waals surface area contributed by atoms with E-state index in [4.69, 9.17) is 19.3 Å². The van der Waals surface area contributed by atoms with Crippen LogP contribution in [0.15, 0.2) is 64.0 Å². The summed E-state index contributed by atoms with van der Waals surface area (Å²) in [4.78, 5) is 17.1. The Kier molecular flexibility index (Phi) is 7.53. The van der Waals surface area contributed by atoms with Crippen molar-refractivity contribution in [1.82, 2.24) is 4.90 Å². The predicted octanol–water partition coefficient (Wildman–Crippen LogP) is 7.49. The summed E-state index contributed by atoms with van der Waals surface area (Å²) < 4.78 is 60.7. The van der Waals surface area contributed by atoms with Gasteiger partial charge in [0.2, 0.25) is 0 Å². The molecule has 1 aliphatic carbocycles. The summed E-state index contributed by atoms with van der Waals surface area (Å²) >= 11 is 0. The summed E-state index contributed by atoms with van der Waals surface area (Å²) in [5, 5.41) is 6.48. The van der Waals surface area contributed by atoms with Crippen LogP contribution in [-0.2, 0) is 10.9 Å². The van der Waals surface area contributed by atoms with Crippen molar-refractivity contribution in [3.05, 3.63) is 70.1 Å². The molecule has 3 aliphatic heterocycles. The molecule has 0 aromatic heterocycles. The average molecular weight is 611 g/mol. The minimum absolute atomic E-state index is 0.0790. The fourth-order valence-corrected chi connectivity index (χ4v) is 6.58. The average Bonchev–Trinajstić information content (AvgIpc) is 3.60. The number of methoxy groups -OCH3 is 3. The molecular formula is C33H37F3N4O4. The van der Waals surface area contributed by atoms with Crippen molar-refractivity contribution >= 4 is 23.2 Å². The zero-order valence-electron chi connectivity index (χ0n) is 25.7. The van der Waals surface area contributed by atoms with Crippen molar-refractivity contribution in [2.75, 3.05) is 44.3 Å². The van der Waals surface area contributed by atoms with Gasteiger partial charge in [-0.1, -0.05) is 0 Å². The number of halogens is 3. The van der Waals surface area contributed by atoms with E-state index >= 15 is 0 Å². The summed E-state index contributed by atoms with van der Waals surface area (Å²) in [5.41, 5.74) is 2.90. The summed E-state index contributed by atoms with van der Waals surface area (Å²) in [6.45, 7) is 5.40. The topological polar surface area (TPSA) is 66.8 Å². The summed E-state index contributed by atoms with van der Waals surface area (Å²) in [6.07, 6.45) is -0.547. The number of hydrogen-bond acceptors (Lipinski definition) is 7. The number of amides is 1. The van der Waals surface area contributed by atoms with E-state index in [2.05, 4.69) is 4.90 Å². The van der Waals surface area contributed by atoms with Crippen LogP contribution in [0.3, 0.4) is 0 Å². The molecule has 2 aromatic carbocycles. The van der Waals surface area contributed by atoms with Crippen molar-refractivity contribution < 1.29 is 32.2 Å². The molecule has 0 N–H and O–H groups in total. The number of carbonyl (C=O) groups is 1. The Labute approximate surface area is 255 Å². The third kappa shape index (κ3) is 5.05. The molecular weight excluding hydrogens is 573 g/mol. The maximum Gasteiger partial charge on any atom is 0.418 e. The highest BCUT2D eigenvalue weighted by atomic mass is 19.4. The van der Waals surface area contributed by atoms with Gasteiger partial charge in [-0.3, -0.25) is 4.90 Å². The van der Waals surface area contributed by atoms with E-state index in [-0.39, 0.29) is 5.69 Å². The van der Waals surface area contributed by atoms with Gasteiger partial charge in [0, 0.05) is 47.9 Å². The molecule has 6 rings (SSSR count). The lowest BCUT2D eigenvalue weighted by Crippen LogP contribution is -2.45. The van der Waals surface area contributed by atoms with Crippen LogP contribution in [0.25, 0.3) is 0 Å². The first kappa shape index (κ1) is 29.9. The van der Waals surface area contributed by atoms with Gasteiger partial charge in [0.05, 0.1) is 49.7 Å². The van der Waals surface area contributed by atoms with E-state index in [1.807, 2.05) is 13.8 Å². The van der Waals surface area contributed by atoms with Crippen molar-refractivity contribution in [3.8, 4) is 11.5 Å². The van der Waals surface area contributed by atoms with Crippen molar-refractivity contribution in [3.63, 3.8) is 0 Å². The third-order valence-corrected chi connectivity index (χ3v) is 8.91. The van der Waals surface area contributed by atoms with Crippen LogP contribution in [0.4, 0.5) is 29.3 Å². The first-order valence-corrected chi connectivity index (χ1v) is 14.9. The minimum atomic E-state index is -4.64. The van der Waals surface area contributed by atoms with E-state index in [0.29, 0.717) is 59.1 Å². The van der Waals surface area contributed by atoms with Crippen LogP contribution in [0, 0.1) is 0 Å². The van der Waals surface area contributed by atoms with Crippen LogP contribution in [-0.4, -0.2) is 56.7 Å². The summed E-state index contributed by atoms with van der Waals surface area (Å²) in [6, 6.07) is 9.57. The monoisotopic (exact) mass is 610 g/mol. The number of nitrogens with zero attached hydrogens (tertiary/aromatic N) is 4. The Bertz CT molecular complexity index is 1560. The second-order valence-corrected chi connectivity index (χ2v) is 12.2.